The lowest BCUT2D eigenvalue weighted by molar-refractivity contribution is -0.145. The van der Waals surface area contributed by atoms with Crippen molar-refractivity contribution in [1.82, 2.24) is 10.1 Å². The van der Waals surface area contributed by atoms with Gasteiger partial charge in [-0.3, -0.25) is 19.8 Å². The Bertz CT molecular complexity index is 502. The normalized spacial score (nSPS) is 19.2. The van der Waals surface area contributed by atoms with Crippen molar-refractivity contribution in [3.63, 3.8) is 0 Å². The first-order valence-electron chi connectivity index (χ1n) is 6.70. The number of methoxy groups -OCH3 is 1. The fourth-order valence-electron chi connectivity index (χ4n) is 2.12. The monoisotopic (exact) mass is 297 g/mol. The Labute approximate surface area is 122 Å². The molecular weight excluding hydrogens is 278 g/mol. The van der Waals surface area contributed by atoms with Crippen LogP contribution in [0.4, 0.5) is 5.88 Å². The number of carbonyl (C=O) groups excluding carboxylic acids is 2. The number of anilines is 1. The van der Waals surface area contributed by atoms with Crippen LogP contribution in [0.25, 0.3) is 0 Å². The fourth-order valence-corrected chi connectivity index (χ4v) is 2.12. The number of nitrogens with one attached hydrogen (secondary N) is 1. The van der Waals surface area contributed by atoms with Crippen molar-refractivity contribution in [3.05, 3.63) is 11.8 Å². The number of hydrogen-bond acceptors (Lipinski definition) is 7. The molecule has 0 saturated carbocycles. The summed E-state index contributed by atoms with van der Waals surface area (Å²) in [5.74, 6) is -0.176. The summed E-state index contributed by atoms with van der Waals surface area (Å²) >= 11 is 0. The van der Waals surface area contributed by atoms with Gasteiger partial charge in [0.1, 0.15) is 0 Å². The molecule has 1 saturated heterocycles. The summed E-state index contributed by atoms with van der Waals surface area (Å²) in [7, 11) is 1.34. The number of ether oxygens (including phenoxy) is 2. The van der Waals surface area contributed by atoms with E-state index in [1.54, 1.807) is 13.0 Å². The molecule has 1 aliphatic heterocycles. The second kappa shape index (κ2) is 7.19. The maximum Gasteiger partial charge on any atom is 0.308 e. The first-order valence-corrected chi connectivity index (χ1v) is 6.70. The molecule has 1 amide bonds. The molecule has 2 rings (SSSR count). The average molecular weight is 297 g/mol. The van der Waals surface area contributed by atoms with E-state index in [1.165, 1.54) is 7.11 Å². The molecule has 1 fully saturated rings. The quantitative estimate of drug-likeness (QED) is 0.775. The van der Waals surface area contributed by atoms with E-state index in [1.807, 2.05) is 4.90 Å². The summed E-state index contributed by atoms with van der Waals surface area (Å²) < 4.78 is 15.0. The molecule has 116 valence electrons. The van der Waals surface area contributed by atoms with E-state index >= 15 is 0 Å². The van der Waals surface area contributed by atoms with Crippen molar-refractivity contribution in [2.24, 2.45) is 0 Å². The molecule has 8 nitrogen and oxygen atoms in total. The first-order chi connectivity index (χ1) is 10.1. The number of morpholine rings is 1. The van der Waals surface area contributed by atoms with Gasteiger partial charge in [0.15, 0.2) is 0 Å². The van der Waals surface area contributed by atoms with Gasteiger partial charge in [-0.1, -0.05) is 5.16 Å². The van der Waals surface area contributed by atoms with Gasteiger partial charge in [0.25, 0.3) is 0 Å². The molecule has 1 unspecified atom stereocenters. The van der Waals surface area contributed by atoms with E-state index in [0.717, 1.165) is 0 Å². The highest BCUT2D eigenvalue weighted by Crippen LogP contribution is 2.11. The van der Waals surface area contributed by atoms with Crippen molar-refractivity contribution in [2.45, 2.75) is 19.4 Å². The highest BCUT2D eigenvalue weighted by molar-refractivity contribution is 5.90. The largest absolute Gasteiger partial charge is 0.469 e. The standard InChI is InChI=1S/C13H19N3O5/c1-9-5-12(21-15-9)14-11(17)8-16-3-4-20-10(7-16)6-13(18)19-2/h5,10H,3-4,6-8H2,1-2H3,(H,14,17). The van der Waals surface area contributed by atoms with Gasteiger partial charge in [-0.2, -0.15) is 0 Å². The highest BCUT2D eigenvalue weighted by Gasteiger charge is 2.24. The highest BCUT2D eigenvalue weighted by atomic mass is 16.5. The van der Waals surface area contributed by atoms with Gasteiger partial charge in [-0.15, -0.1) is 0 Å². The summed E-state index contributed by atoms with van der Waals surface area (Å²) in [6.07, 6.45) is -0.0536. The van der Waals surface area contributed by atoms with Gasteiger partial charge >= 0.3 is 5.97 Å². The Morgan fingerprint density at radius 1 is 1.57 bits per heavy atom. The fraction of sp³-hybridized carbons (Fsp3) is 0.615. The van der Waals surface area contributed by atoms with E-state index < -0.39 is 0 Å². The Hall–Kier alpha value is -1.93. The third-order valence-electron chi connectivity index (χ3n) is 3.10. The van der Waals surface area contributed by atoms with Crippen LogP contribution in [-0.2, 0) is 19.1 Å². The summed E-state index contributed by atoms with van der Waals surface area (Å²) in [4.78, 5) is 25.1. The molecule has 0 spiro atoms. The van der Waals surface area contributed by atoms with Gasteiger partial charge in [0.2, 0.25) is 11.8 Å². The predicted octanol–water partition coefficient (Wildman–Crippen LogP) is 0.185. The van der Waals surface area contributed by atoms with Crippen molar-refractivity contribution in [2.75, 3.05) is 38.7 Å². The minimum absolute atomic E-state index is 0.190. The number of carbonyl (C=O) groups is 2. The molecule has 1 aromatic heterocycles. The van der Waals surface area contributed by atoms with E-state index in [2.05, 4.69) is 15.2 Å². The summed E-state index contributed by atoms with van der Waals surface area (Å²) in [6.45, 7) is 3.62. The Morgan fingerprint density at radius 3 is 3.05 bits per heavy atom. The lowest BCUT2D eigenvalue weighted by atomic mass is 10.2. The Kier molecular flexibility index (Phi) is 5.29. The number of hydrogen-bond donors (Lipinski definition) is 1. The molecule has 1 N–H and O–H groups in total. The molecule has 1 atom stereocenters. The molecular formula is C13H19N3O5. The zero-order valence-electron chi connectivity index (χ0n) is 12.1. The lowest BCUT2D eigenvalue weighted by Gasteiger charge is -2.31. The number of aryl methyl sites for hydroxylation is 1. The third-order valence-corrected chi connectivity index (χ3v) is 3.10. The molecule has 8 heteroatoms. The van der Waals surface area contributed by atoms with Crippen LogP contribution in [0.5, 0.6) is 0 Å². The Morgan fingerprint density at radius 2 is 2.38 bits per heavy atom. The van der Waals surface area contributed by atoms with Gasteiger partial charge in [0, 0.05) is 19.2 Å². The van der Waals surface area contributed by atoms with Crippen molar-refractivity contribution < 1.29 is 23.6 Å². The lowest BCUT2D eigenvalue weighted by Crippen LogP contribution is -2.46. The van der Waals surface area contributed by atoms with Gasteiger partial charge in [-0.05, 0) is 6.92 Å². The van der Waals surface area contributed by atoms with Crippen LogP contribution in [0.2, 0.25) is 0 Å². The van der Waals surface area contributed by atoms with Crippen LogP contribution in [-0.4, -0.2) is 61.4 Å². The van der Waals surface area contributed by atoms with Crippen LogP contribution in [0.1, 0.15) is 12.1 Å². The summed E-state index contributed by atoms with van der Waals surface area (Å²) in [6, 6.07) is 1.65. The number of aromatic nitrogens is 1. The molecule has 1 aliphatic rings. The number of esters is 1. The zero-order valence-corrected chi connectivity index (χ0v) is 12.1. The van der Waals surface area contributed by atoms with E-state index in [-0.39, 0.29) is 30.9 Å². The van der Waals surface area contributed by atoms with Gasteiger partial charge in [-0.25, -0.2) is 0 Å². The second-order valence-electron chi connectivity index (χ2n) is 4.89. The maximum absolute atomic E-state index is 11.9. The third kappa shape index (κ3) is 4.83. The number of rotatable bonds is 5. The molecule has 21 heavy (non-hydrogen) atoms. The summed E-state index contributed by atoms with van der Waals surface area (Å²) in [5.41, 5.74) is 0.704. The zero-order chi connectivity index (χ0) is 15.2. The number of amides is 1. The second-order valence-corrected chi connectivity index (χ2v) is 4.89. The maximum atomic E-state index is 11.9. The van der Waals surface area contributed by atoms with Crippen LogP contribution in [0.15, 0.2) is 10.6 Å². The smallest absolute Gasteiger partial charge is 0.308 e. The molecule has 0 bridgehead atoms. The van der Waals surface area contributed by atoms with Crippen LogP contribution in [0.3, 0.4) is 0 Å². The minimum atomic E-state index is -0.316. The van der Waals surface area contributed by atoms with E-state index in [0.29, 0.717) is 31.3 Å². The Balaban J connectivity index is 1.79. The van der Waals surface area contributed by atoms with Gasteiger partial charge in [0.05, 0.1) is 38.5 Å². The van der Waals surface area contributed by atoms with Crippen molar-refractivity contribution in [3.8, 4) is 0 Å². The first kappa shape index (κ1) is 15.5. The van der Waals surface area contributed by atoms with E-state index in [4.69, 9.17) is 9.26 Å². The molecule has 2 heterocycles. The van der Waals surface area contributed by atoms with Gasteiger partial charge < -0.3 is 14.0 Å². The van der Waals surface area contributed by atoms with Crippen LogP contribution in [0, 0.1) is 6.92 Å². The van der Waals surface area contributed by atoms with Crippen LogP contribution >= 0.6 is 0 Å². The molecule has 1 aromatic rings. The SMILES string of the molecule is COC(=O)CC1CN(CC(=O)Nc2cc(C)no2)CCO1. The van der Waals surface area contributed by atoms with Crippen LogP contribution < -0.4 is 5.32 Å². The topological polar surface area (TPSA) is 93.9 Å². The van der Waals surface area contributed by atoms with Crippen molar-refractivity contribution >= 4 is 17.8 Å². The minimum Gasteiger partial charge on any atom is -0.469 e. The average Bonchev–Trinajstić information content (AvgIpc) is 2.84. The number of nitrogens with zero attached hydrogens (tertiary/aromatic N) is 2. The van der Waals surface area contributed by atoms with E-state index in [9.17, 15) is 9.59 Å². The molecule has 0 aromatic carbocycles. The molecule has 0 radical (unpaired) electrons. The summed E-state index contributed by atoms with van der Waals surface area (Å²) in [5, 5.41) is 6.33. The van der Waals surface area contributed by atoms with Crippen molar-refractivity contribution in [1.29, 1.82) is 0 Å². The predicted molar refractivity (Wildman–Crippen MR) is 72.7 cm³/mol. The molecule has 0 aliphatic carbocycles.